The molecule has 7 nitrogen and oxygen atoms in total. The third kappa shape index (κ3) is 3.31. The molecule has 0 aromatic carbocycles. The van der Waals surface area contributed by atoms with Gasteiger partial charge in [0.25, 0.3) is 6.01 Å². The summed E-state index contributed by atoms with van der Waals surface area (Å²) in [6.07, 6.45) is 5.64. The van der Waals surface area contributed by atoms with Gasteiger partial charge in [-0.1, -0.05) is 0 Å². The summed E-state index contributed by atoms with van der Waals surface area (Å²) in [5, 5.41) is 15.8. The first kappa shape index (κ1) is 14.6. The molecule has 0 radical (unpaired) electrons. The predicted octanol–water partition coefficient (Wildman–Crippen LogP) is 2.30. The highest BCUT2D eigenvalue weighted by atomic mass is 19.1. The Hall–Kier alpha value is -3.29. The highest BCUT2D eigenvalue weighted by molar-refractivity contribution is 6.06. The first-order valence-corrected chi connectivity index (χ1v) is 6.61. The van der Waals surface area contributed by atoms with E-state index in [2.05, 4.69) is 20.2 Å². The van der Waals surface area contributed by atoms with Crippen molar-refractivity contribution in [2.24, 2.45) is 0 Å². The van der Waals surface area contributed by atoms with E-state index in [-0.39, 0.29) is 11.6 Å². The van der Waals surface area contributed by atoms with Crippen molar-refractivity contribution < 1.29 is 18.7 Å². The summed E-state index contributed by atoms with van der Waals surface area (Å²) in [5.74, 6) is -1.34. The molecule has 0 saturated carbocycles. The lowest BCUT2D eigenvalue weighted by atomic mass is 10.0. The van der Waals surface area contributed by atoms with E-state index in [9.17, 15) is 14.3 Å². The number of nitrogens with zero attached hydrogens (tertiary/aromatic N) is 3. The molecule has 0 saturated heterocycles. The SMILES string of the molecule is O=C(C=C(O)c1nc[nH]n1)c1oc(F)cc1Cc1ccncc1. The van der Waals surface area contributed by atoms with Gasteiger partial charge in [-0.2, -0.15) is 9.49 Å². The fourth-order valence-electron chi connectivity index (χ4n) is 2.04. The minimum atomic E-state index is -0.872. The number of pyridine rings is 1. The van der Waals surface area contributed by atoms with Crippen LogP contribution in [0.5, 0.6) is 0 Å². The van der Waals surface area contributed by atoms with Crippen molar-refractivity contribution in [1.29, 1.82) is 0 Å². The molecule has 3 rings (SSSR count). The van der Waals surface area contributed by atoms with Crippen LogP contribution in [0, 0.1) is 6.01 Å². The van der Waals surface area contributed by atoms with Crippen molar-refractivity contribution in [3.63, 3.8) is 0 Å². The lowest BCUT2D eigenvalue weighted by molar-refractivity contribution is 0.101. The molecule has 3 heterocycles. The molecular formula is C15H11FN4O3. The van der Waals surface area contributed by atoms with Crippen LogP contribution in [0.15, 0.2) is 47.4 Å². The van der Waals surface area contributed by atoms with Gasteiger partial charge in [0.2, 0.25) is 11.6 Å². The Balaban J connectivity index is 1.88. The van der Waals surface area contributed by atoms with Gasteiger partial charge in [0.05, 0.1) is 0 Å². The van der Waals surface area contributed by atoms with Crippen molar-refractivity contribution in [3.8, 4) is 0 Å². The predicted molar refractivity (Wildman–Crippen MR) is 77.0 cm³/mol. The van der Waals surface area contributed by atoms with Crippen molar-refractivity contribution in [3.05, 3.63) is 71.7 Å². The van der Waals surface area contributed by atoms with E-state index in [4.69, 9.17) is 4.42 Å². The van der Waals surface area contributed by atoms with Gasteiger partial charge in [0.15, 0.2) is 11.5 Å². The molecule has 116 valence electrons. The average molecular weight is 314 g/mol. The molecule has 0 fully saturated rings. The number of hydrogen-bond acceptors (Lipinski definition) is 6. The normalized spacial score (nSPS) is 11.6. The fourth-order valence-corrected chi connectivity index (χ4v) is 2.04. The lowest BCUT2D eigenvalue weighted by Gasteiger charge is -2.00. The Morgan fingerprint density at radius 2 is 2.17 bits per heavy atom. The second-order valence-electron chi connectivity index (χ2n) is 4.65. The molecular weight excluding hydrogens is 303 g/mol. The topological polar surface area (TPSA) is 105 Å². The quantitative estimate of drug-likeness (QED) is 0.425. The number of carbonyl (C=O) groups excluding carboxylic acids is 1. The number of aliphatic hydroxyl groups is 1. The summed E-state index contributed by atoms with van der Waals surface area (Å²) in [6, 6.07) is 3.77. The van der Waals surface area contributed by atoms with Gasteiger partial charge in [-0.25, -0.2) is 4.98 Å². The van der Waals surface area contributed by atoms with E-state index in [1.165, 1.54) is 6.33 Å². The molecule has 8 heteroatoms. The standard InChI is InChI=1S/C15H11FN4O3/c16-13-6-10(5-9-1-3-17-4-2-9)14(23-13)11(21)7-12(22)15-18-8-19-20-15/h1-4,6-8,22H,5H2,(H,18,19,20). The molecule has 2 N–H and O–H groups in total. The van der Waals surface area contributed by atoms with Crippen molar-refractivity contribution in [1.82, 2.24) is 20.2 Å². The van der Waals surface area contributed by atoms with Crippen LogP contribution < -0.4 is 0 Å². The molecule has 0 atom stereocenters. The van der Waals surface area contributed by atoms with Crippen molar-refractivity contribution in [2.45, 2.75) is 6.42 Å². The maximum absolute atomic E-state index is 13.4. The van der Waals surface area contributed by atoms with Gasteiger partial charge in [0.1, 0.15) is 6.33 Å². The number of aromatic amines is 1. The van der Waals surface area contributed by atoms with Crippen LogP contribution in [0.3, 0.4) is 0 Å². The molecule has 0 aliphatic rings. The highest BCUT2D eigenvalue weighted by Crippen LogP contribution is 2.20. The van der Waals surface area contributed by atoms with Gasteiger partial charge in [-0.3, -0.25) is 14.9 Å². The Labute approximate surface area is 129 Å². The maximum atomic E-state index is 13.4. The number of H-pyrrole nitrogens is 1. The van der Waals surface area contributed by atoms with Crippen LogP contribution in [0.4, 0.5) is 4.39 Å². The zero-order valence-electron chi connectivity index (χ0n) is 11.7. The number of ketones is 1. The van der Waals surface area contributed by atoms with Gasteiger partial charge in [-0.05, 0) is 17.7 Å². The summed E-state index contributed by atoms with van der Waals surface area (Å²) in [7, 11) is 0. The summed E-state index contributed by atoms with van der Waals surface area (Å²) in [5.41, 5.74) is 1.22. The van der Waals surface area contributed by atoms with Gasteiger partial charge in [-0.15, -0.1) is 0 Å². The molecule has 0 spiro atoms. The van der Waals surface area contributed by atoms with E-state index in [1.807, 2.05) is 0 Å². The largest absolute Gasteiger partial charge is 0.504 e. The fraction of sp³-hybridized carbons (Fsp3) is 0.0667. The summed E-state index contributed by atoms with van der Waals surface area (Å²) < 4.78 is 18.2. The molecule has 0 unspecified atom stereocenters. The number of carbonyl (C=O) groups is 1. The third-order valence-corrected chi connectivity index (χ3v) is 3.06. The number of furan rings is 1. The number of hydrogen-bond donors (Lipinski definition) is 2. The minimum absolute atomic E-state index is 0.0407. The Bertz CT molecular complexity index is 841. The molecule has 23 heavy (non-hydrogen) atoms. The van der Waals surface area contributed by atoms with Crippen molar-refractivity contribution in [2.75, 3.05) is 0 Å². The maximum Gasteiger partial charge on any atom is 0.278 e. The molecule has 3 aromatic heterocycles. The Kier molecular flexibility index (Phi) is 3.96. The number of allylic oxidation sites excluding steroid dienone is 1. The smallest absolute Gasteiger partial charge is 0.278 e. The average Bonchev–Trinajstić information content (AvgIpc) is 3.18. The highest BCUT2D eigenvalue weighted by Gasteiger charge is 2.19. The number of rotatable bonds is 5. The number of nitrogens with one attached hydrogen (secondary N) is 1. The Morgan fingerprint density at radius 3 is 2.87 bits per heavy atom. The van der Waals surface area contributed by atoms with Crippen LogP contribution in [-0.2, 0) is 6.42 Å². The second-order valence-corrected chi connectivity index (χ2v) is 4.65. The minimum Gasteiger partial charge on any atom is -0.504 e. The van der Waals surface area contributed by atoms with Crippen LogP contribution >= 0.6 is 0 Å². The molecule has 3 aromatic rings. The van der Waals surface area contributed by atoms with Gasteiger partial charge >= 0.3 is 0 Å². The van der Waals surface area contributed by atoms with E-state index in [0.717, 1.165) is 17.7 Å². The summed E-state index contributed by atoms with van der Waals surface area (Å²) >= 11 is 0. The number of halogens is 1. The number of aromatic nitrogens is 4. The Morgan fingerprint density at radius 1 is 1.39 bits per heavy atom. The zero-order valence-corrected chi connectivity index (χ0v) is 11.7. The van der Waals surface area contributed by atoms with Crippen LogP contribution in [0.25, 0.3) is 5.76 Å². The van der Waals surface area contributed by atoms with E-state index < -0.39 is 17.6 Å². The van der Waals surface area contributed by atoms with E-state index in [1.54, 1.807) is 24.5 Å². The molecule has 0 aliphatic heterocycles. The third-order valence-electron chi connectivity index (χ3n) is 3.06. The van der Waals surface area contributed by atoms with Crippen LogP contribution in [0.2, 0.25) is 0 Å². The van der Waals surface area contributed by atoms with Gasteiger partial charge in [0, 0.05) is 36.5 Å². The van der Waals surface area contributed by atoms with Crippen LogP contribution in [0.1, 0.15) is 27.5 Å². The molecule has 0 amide bonds. The molecule has 0 aliphatic carbocycles. The second kappa shape index (κ2) is 6.22. The number of aliphatic hydroxyl groups excluding tert-OH is 1. The van der Waals surface area contributed by atoms with E-state index in [0.29, 0.717) is 12.0 Å². The summed E-state index contributed by atoms with van der Waals surface area (Å²) in [4.78, 5) is 19.8. The van der Waals surface area contributed by atoms with Crippen molar-refractivity contribution >= 4 is 11.5 Å². The van der Waals surface area contributed by atoms with Crippen LogP contribution in [-0.4, -0.2) is 31.1 Å². The lowest BCUT2D eigenvalue weighted by Crippen LogP contribution is -2.00. The monoisotopic (exact) mass is 314 g/mol. The van der Waals surface area contributed by atoms with E-state index >= 15 is 0 Å². The first-order valence-electron chi connectivity index (χ1n) is 6.61. The zero-order chi connectivity index (χ0) is 16.2. The van der Waals surface area contributed by atoms with Gasteiger partial charge < -0.3 is 9.52 Å². The summed E-state index contributed by atoms with van der Waals surface area (Å²) in [6.45, 7) is 0. The molecule has 0 bridgehead atoms. The first-order chi connectivity index (χ1) is 11.1.